The fraction of sp³-hybridized carbons (Fsp3) is 0.0526. The van der Waals surface area contributed by atoms with E-state index < -0.39 is 0 Å². The first-order chi connectivity index (χ1) is 20.2. The molecule has 0 saturated heterocycles. The Kier molecular flexibility index (Phi) is 13.1. The molecule has 0 aliphatic carbocycles. The van der Waals surface area contributed by atoms with Crippen LogP contribution < -0.4 is 4.57 Å². The first-order valence-corrected chi connectivity index (χ1v) is 13.4. The molecule has 0 unspecified atom stereocenters. The Balaban J connectivity index is 0.000000175. The summed E-state index contributed by atoms with van der Waals surface area (Å²) < 4.78 is 1.86. The second-order valence-electron chi connectivity index (χ2n) is 9.00. The van der Waals surface area contributed by atoms with E-state index in [4.69, 9.17) is 0 Å². The van der Waals surface area contributed by atoms with Gasteiger partial charge in [0.05, 0.1) is 6.20 Å². The maximum absolute atomic E-state index is 4.22. The van der Waals surface area contributed by atoms with Crippen molar-refractivity contribution in [2.24, 2.45) is 0 Å². The monoisotopic (exact) mass is 723 g/mol. The Labute approximate surface area is 263 Å². The third kappa shape index (κ3) is 9.48. The number of hydrogen-bond donors (Lipinski definition) is 0. The van der Waals surface area contributed by atoms with E-state index in [9.17, 15) is 0 Å². The van der Waals surface area contributed by atoms with Gasteiger partial charge in [0.2, 0.25) is 0 Å². The number of nitrogens with zero attached hydrogens (tertiary/aromatic N) is 3. The number of rotatable bonds is 4. The van der Waals surface area contributed by atoms with Crippen LogP contribution in [0.2, 0.25) is 0 Å². The van der Waals surface area contributed by atoms with Gasteiger partial charge in [0.15, 0.2) is 0 Å². The van der Waals surface area contributed by atoms with Crippen LogP contribution in [-0.4, -0.2) is 9.97 Å². The van der Waals surface area contributed by atoms with E-state index in [1.165, 1.54) is 11.1 Å². The van der Waals surface area contributed by atoms with Gasteiger partial charge in [0, 0.05) is 39.5 Å². The Bertz CT molecular complexity index is 1470. The van der Waals surface area contributed by atoms with Gasteiger partial charge in [-0.1, -0.05) is 53.6 Å². The van der Waals surface area contributed by atoms with Crippen molar-refractivity contribution in [2.45, 2.75) is 13.8 Å². The van der Waals surface area contributed by atoms with E-state index in [1.807, 2.05) is 127 Å². The second kappa shape index (κ2) is 17.2. The molecule has 0 atom stereocenters. The molecule has 42 heavy (non-hydrogen) atoms. The second-order valence-corrected chi connectivity index (χ2v) is 9.00. The van der Waals surface area contributed by atoms with Crippen LogP contribution in [0.4, 0.5) is 0 Å². The van der Waals surface area contributed by atoms with E-state index in [-0.39, 0.29) is 20.1 Å². The van der Waals surface area contributed by atoms with Gasteiger partial charge in [-0.2, -0.15) is 0 Å². The zero-order valence-electron chi connectivity index (χ0n) is 23.7. The van der Waals surface area contributed by atoms with Crippen molar-refractivity contribution in [3.8, 4) is 33.8 Å². The van der Waals surface area contributed by atoms with Crippen molar-refractivity contribution in [1.29, 1.82) is 0 Å². The molecule has 6 aromatic rings. The molecular formula is C38H32IrN3-3. The van der Waals surface area contributed by atoms with Gasteiger partial charge in [0.1, 0.15) is 5.69 Å². The van der Waals surface area contributed by atoms with E-state index in [0.29, 0.717) is 0 Å². The van der Waals surface area contributed by atoms with Gasteiger partial charge in [-0.15, -0.1) is 102 Å². The molecule has 0 N–H and O–H groups in total. The van der Waals surface area contributed by atoms with Crippen LogP contribution in [0.15, 0.2) is 146 Å². The maximum Gasteiger partial charge on any atom is 0.115 e. The van der Waals surface area contributed by atoms with Crippen LogP contribution in [-0.2, 0) is 20.1 Å². The minimum absolute atomic E-state index is 0. The fourth-order valence-corrected chi connectivity index (χ4v) is 3.87. The molecule has 0 aliphatic rings. The summed E-state index contributed by atoms with van der Waals surface area (Å²) in [6.07, 6.45) is 7.62. The average molecular weight is 723 g/mol. The minimum atomic E-state index is 0. The van der Waals surface area contributed by atoms with Crippen LogP contribution in [0.25, 0.3) is 39.3 Å². The Hall–Kier alpha value is -4.63. The molecule has 0 amide bonds. The first kappa shape index (κ1) is 31.9. The van der Waals surface area contributed by atoms with Gasteiger partial charge < -0.3 is 14.5 Å². The molecule has 6 rings (SSSR count). The zero-order valence-corrected chi connectivity index (χ0v) is 26.1. The SMILES string of the molecule is [CH2-][n+]1ccccc1-c1[c-]cc(C(C)=CC)cc1.[Ir].[c-]1ccccc1-c1ccccn1.[c-]1ccccc1-c1ccccn1. The largest absolute Gasteiger partial charge is 0.321 e. The molecule has 211 valence electrons. The number of allylic oxidation sites excluding steroid dienone is 2. The summed E-state index contributed by atoms with van der Waals surface area (Å²) in [6, 6.07) is 49.2. The summed E-state index contributed by atoms with van der Waals surface area (Å²) in [5.41, 5.74) is 8.63. The number of benzene rings is 3. The van der Waals surface area contributed by atoms with Crippen molar-refractivity contribution in [3.63, 3.8) is 0 Å². The van der Waals surface area contributed by atoms with Crippen LogP contribution >= 0.6 is 0 Å². The molecule has 1 radical (unpaired) electrons. The zero-order chi connectivity index (χ0) is 28.7. The van der Waals surface area contributed by atoms with Crippen molar-refractivity contribution in [3.05, 3.63) is 177 Å². The van der Waals surface area contributed by atoms with Crippen LogP contribution in [0, 0.1) is 25.2 Å². The number of pyridine rings is 3. The molecule has 3 nitrogen and oxygen atoms in total. The topological polar surface area (TPSA) is 29.7 Å². The van der Waals surface area contributed by atoms with Crippen LogP contribution in [0.1, 0.15) is 19.4 Å². The van der Waals surface area contributed by atoms with Crippen molar-refractivity contribution >= 4 is 5.57 Å². The van der Waals surface area contributed by atoms with Gasteiger partial charge in [-0.05, 0) is 43.4 Å². The minimum Gasteiger partial charge on any atom is -0.321 e. The predicted octanol–water partition coefficient (Wildman–Crippen LogP) is 8.60. The van der Waals surface area contributed by atoms with Crippen LogP contribution in [0.5, 0.6) is 0 Å². The normalized spacial score (nSPS) is 10.2. The third-order valence-corrected chi connectivity index (χ3v) is 6.22. The molecule has 0 bridgehead atoms. The molecule has 3 heterocycles. The van der Waals surface area contributed by atoms with Crippen LogP contribution in [0.3, 0.4) is 0 Å². The van der Waals surface area contributed by atoms with Gasteiger partial charge in [-0.3, -0.25) is 0 Å². The number of hydrogen-bond acceptors (Lipinski definition) is 2. The summed E-state index contributed by atoms with van der Waals surface area (Å²) in [5, 5.41) is 0. The van der Waals surface area contributed by atoms with E-state index >= 15 is 0 Å². The quantitative estimate of drug-likeness (QED) is 0.135. The Morgan fingerprint density at radius 2 is 1.24 bits per heavy atom. The molecule has 3 aromatic carbocycles. The summed E-state index contributed by atoms with van der Waals surface area (Å²) in [7, 11) is 3.96. The summed E-state index contributed by atoms with van der Waals surface area (Å²) >= 11 is 0. The summed E-state index contributed by atoms with van der Waals surface area (Å²) in [6.45, 7) is 4.15. The molecule has 0 spiro atoms. The van der Waals surface area contributed by atoms with E-state index in [2.05, 4.69) is 60.3 Å². The smallest absolute Gasteiger partial charge is 0.115 e. The molecule has 0 aliphatic heterocycles. The maximum atomic E-state index is 4.22. The molecule has 0 fully saturated rings. The first-order valence-electron chi connectivity index (χ1n) is 13.4. The van der Waals surface area contributed by atoms with E-state index in [1.54, 1.807) is 12.4 Å². The Morgan fingerprint density at radius 3 is 1.67 bits per heavy atom. The van der Waals surface area contributed by atoms with Gasteiger partial charge in [-0.25, -0.2) is 0 Å². The molecule has 3 aromatic heterocycles. The average Bonchev–Trinajstić information content (AvgIpc) is 3.07. The molecule has 4 heteroatoms. The fourth-order valence-electron chi connectivity index (χ4n) is 3.87. The summed E-state index contributed by atoms with van der Waals surface area (Å²) in [5.74, 6) is 0. The molecule has 0 saturated carbocycles. The third-order valence-electron chi connectivity index (χ3n) is 6.22. The van der Waals surface area contributed by atoms with Gasteiger partial charge >= 0.3 is 0 Å². The van der Waals surface area contributed by atoms with Crippen molar-refractivity contribution in [2.75, 3.05) is 0 Å². The van der Waals surface area contributed by atoms with Crippen molar-refractivity contribution in [1.82, 2.24) is 9.97 Å². The van der Waals surface area contributed by atoms with E-state index in [0.717, 1.165) is 33.8 Å². The standard InChI is InChI=1S/C16H16N.2C11H8N.Ir/c1-4-13(2)14-8-10-15(11-9-14)16-7-5-6-12-17(16)3;2*1-2-6-10(7-3-1)11-8-4-5-9-12-11;/h4-10,12H,3H2,1-2H3;2*1-6,8-9H;/q3*-1;. The predicted molar refractivity (Wildman–Crippen MR) is 168 cm³/mol. The Morgan fingerprint density at radius 1 is 0.667 bits per heavy atom. The van der Waals surface area contributed by atoms with Crippen molar-refractivity contribution < 1.29 is 24.7 Å². The molecular weight excluding hydrogens is 691 g/mol. The summed E-state index contributed by atoms with van der Waals surface area (Å²) in [4.78, 5) is 8.44. The van der Waals surface area contributed by atoms with Gasteiger partial charge in [0.25, 0.3) is 0 Å². The number of aromatic nitrogens is 3.